The number of hydrogen-bond donors (Lipinski definition) is 0. The summed E-state index contributed by atoms with van der Waals surface area (Å²) < 4.78 is 11.4. The highest BCUT2D eigenvalue weighted by atomic mass is 16.5. The van der Waals surface area contributed by atoms with Crippen molar-refractivity contribution in [1.29, 1.82) is 0 Å². The number of nitrogens with zero attached hydrogens (tertiary/aromatic N) is 7. The second-order valence-corrected chi connectivity index (χ2v) is 9.73. The number of aromatic nitrogens is 4. The lowest BCUT2D eigenvalue weighted by atomic mass is 10.1. The Morgan fingerprint density at radius 1 is 1.08 bits per heavy atom. The van der Waals surface area contributed by atoms with Gasteiger partial charge >= 0.3 is 0 Å². The van der Waals surface area contributed by atoms with Crippen molar-refractivity contribution in [3.63, 3.8) is 0 Å². The number of piperidine rings is 1. The fourth-order valence-corrected chi connectivity index (χ4v) is 4.90. The number of hydrogen-bond acceptors (Lipinski definition) is 9. The summed E-state index contributed by atoms with van der Waals surface area (Å²) in [5.41, 5.74) is 4.03. The van der Waals surface area contributed by atoms with Crippen LogP contribution >= 0.6 is 0 Å². The first-order valence-corrected chi connectivity index (χ1v) is 13.2. The first-order chi connectivity index (χ1) is 18.6. The summed E-state index contributed by atoms with van der Waals surface area (Å²) in [4.78, 5) is 36.8. The maximum atomic E-state index is 12.8. The molecule has 0 atom stereocenters. The lowest BCUT2D eigenvalue weighted by molar-refractivity contribution is 0.0744. The molecule has 2 aliphatic heterocycles. The molecule has 10 nitrogen and oxygen atoms in total. The maximum Gasteiger partial charge on any atom is 0.253 e. The highest BCUT2D eigenvalue weighted by Crippen LogP contribution is 2.35. The molecule has 10 heteroatoms. The van der Waals surface area contributed by atoms with E-state index >= 15 is 0 Å². The molecule has 1 aromatic carbocycles. The van der Waals surface area contributed by atoms with E-state index in [9.17, 15) is 4.79 Å². The minimum atomic E-state index is -0.00314. The van der Waals surface area contributed by atoms with E-state index in [0.29, 0.717) is 24.6 Å². The predicted molar refractivity (Wildman–Crippen MR) is 145 cm³/mol. The van der Waals surface area contributed by atoms with Gasteiger partial charge in [-0.2, -0.15) is 0 Å². The number of methoxy groups -OCH3 is 1. The van der Waals surface area contributed by atoms with Gasteiger partial charge in [-0.1, -0.05) is 6.92 Å². The molecular formula is C28H35N7O3. The van der Waals surface area contributed by atoms with Gasteiger partial charge in [0.05, 0.1) is 6.61 Å². The van der Waals surface area contributed by atoms with Crippen LogP contribution in [0.25, 0.3) is 0 Å². The SMILES string of the molecule is CCc1cnc(N2CCC(Oc3cc(N4CCc5cc(C(=O)N(C)CCOC)ccc54)ncn3)CC2)nc1. The molecule has 38 heavy (non-hydrogen) atoms. The highest BCUT2D eigenvalue weighted by Gasteiger charge is 2.26. The Labute approximate surface area is 223 Å². The minimum Gasteiger partial charge on any atom is -0.474 e. The maximum absolute atomic E-state index is 12.8. The van der Waals surface area contributed by atoms with Crippen molar-refractivity contribution in [3.05, 3.63) is 59.7 Å². The van der Waals surface area contributed by atoms with Crippen LogP contribution in [0.1, 0.15) is 41.3 Å². The number of benzene rings is 1. The molecule has 0 unspecified atom stereocenters. The summed E-state index contributed by atoms with van der Waals surface area (Å²) in [6.45, 7) is 5.65. The van der Waals surface area contributed by atoms with Crippen molar-refractivity contribution in [2.45, 2.75) is 38.7 Å². The van der Waals surface area contributed by atoms with Crippen LogP contribution in [0.15, 0.2) is 43.0 Å². The van der Waals surface area contributed by atoms with Crippen molar-refractivity contribution in [2.24, 2.45) is 0 Å². The van der Waals surface area contributed by atoms with Gasteiger partial charge in [-0.15, -0.1) is 0 Å². The molecule has 0 radical (unpaired) electrons. The largest absolute Gasteiger partial charge is 0.474 e. The number of aryl methyl sites for hydroxylation is 1. The van der Waals surface area contributed by atoms with Gasteiger partial charge in [-0.25, -0.2) is 19.9 Å². The number of fused-ring (bicyclic) bond motifs is 1. The Morgan fingerprint density at radius 3 is 2.61 bits per heavy atom. The van der Waals surface area contributed by atoms with Crippen molar-refractivity contribution < 1.29 is 14.3 Å². The summed E-state index contributed by atoms with van der Waals surface area (Å²) in [7, 11) is 3.43. The average molecular weight is 518 g/mol. The van der Waals surface area contributed by atoms with Crippen molar-refractivity contribution >= 4 is 23.4 Å². The molecule has 1 fully saturated rings. The zero-order valence-corrected chi connectivity index (χ0v) is 22.3. The quantitative estimate of drug-likeness (QED) is 0.424. The van der Waals surface area contributed by atoms with Gasteiger partial charge in [0.15, 0.2) is 0 Å². The van der Waals surface area contributed by atoms with Crippen LogP contribution in [-0.2, 0) is 17.6 Å². The third-order valence-electron chi connectivity index (χ3n) is 7.22. The van der Waals surface area contributed by atoms with Gasteiger partial charge in [0.1, 0.15) is 18.2 Å². The first-order valence-electron chi connectivity index (χ1n) is 13.2. The second kappa shape index (κ2) is 11.7. The lowest BCUT2D eigenvalue weighted by Crippen LogP contribution is -2.39. The Hall–Kier alpha value is -3.79. The van der Waals surface area contributed by atoms with E-state index in [2.05, 4.69) is 36.7 Å². The van der Waals surface area contributed by atoms with Crippen molar-refractivity contribution in [1.82, 2.24) is 24.8 Å². The second-order valence-electron chi connectivity index (χ2n) is 9.73. The summed E-state index contributed by atoms with van der Waals surface area (Å²) in [5.74, 6) is 2.16. The number of amides is 1. The van der Waals surface area contributed by atoms with E-state index in [-0.39, 0.29) is 12.0 Å². The van der Waals surface area contributed by atoms with Crippen LogP contribution in [0.4, 0.5) is 17.5 Å². The molecule has 0 aliphatic carbocycles. The monoisotopic (exact) mass is 517 g/mol. The molecule has 2 aliphatic rings. The Balaban J connectivity index is 1.20. The molecule has 0 saturated carbocycles. The van der Waals surface area contributed by atoms with Crippen LogP contribution in [0.3, 0.4) is 0 Å². The standard InChI is InChI=1S/C28H35N7O3/c1-4-20-17-29-28(30-18-20)34-10-8-23(9-11-34)38-26-16-25(31-19-32-26)35-12-7-21-15-22(5-6-24(21)35)27(36)33(2)13-14-37-3/h5-6,15-19,23H,4,7-14H2,1-3H3. The van der Waals surface area contributed by atoms with E-state index in [0.717, 1.165) is 73.9 Å². The van der Waals surface area contributed by atoms with E-state index in [1.54, 1.807) is 25.4 Å². The van der Waals surface area contributed by atoms with Crippen molar-refractivity contribution in [2.75, 3.05) is 56.7 Å². The van der Waals surface area contributed by atoms with Crippen LogP contribution in [0.2, 0.25) is 0 Å². The van der Waals surface area contributed by atoms with Gasteiger partial charge in [-0.05, 0) is 42.2 Å². The molecular weight excluding hydrogens is 482 g/mol. The minimum absolute atomic E-state index is 0.00314. The van der Waals surface area contributed by atoms with Gasteiger partial charge in [0.2, 0.25) is 11.8 Å². The van der Waals surface area contributed by atoms with Crippen LogP contribution in [0.5, 0.6) is 5.88 Å². The van der Waals surface area contributed by atoms with E-state index in [4.69, 9.17) is 9.47 Å². The Bertz CT molecular complexity index is 1250. The molecule has 3 aromatic rings. The van der Waals surface area contributed by atoms with Crippen LogP contribution < -0.4 is 14.5 Å². The summed E-state index contributed by atoms with van der Waals surface area (Å²) in [6.07, 6.45) is 8.99. The van der Waals surface area contributed by atoms with Gasteiger partial charge < -0.3 is 24.2 Å². The molecule has 0 bridgehead atoms. The summed E-state index contributed by atoms with van der Waals surface area (Å²) >= 11 is 0. The third-order valence-corrected chi connectivity index (χ3v) is 7.22. The van der Waals surface area contributed by atoms with E-state index in [1.807, 2.05) is 36.7 Å². The first kappa shape index (κ1) is 25.8. The number of ether oxygens (including phenoxy) is 2. The fraction of sp³-hybridized carbons (Fsp3) is 0.464. The topological polar surface area (TPSA) is 96.8 Å². The summed E-state index contributed by atoms with van der Waals surface area (Å²) in [6, 6.07) is 7.79. The van der Waals surface area contributed by atoms with E-state index < -0.39 is 0 Å². The average Bonchev–Trinajstić information content (AvgIpc) is 3.39. The smallest absolute Gasteiger partial charge is 0.253 e. The Morgan fingerprint density at radius 2 is 1.87 bits per heavy atom. The molecule has 200 valence electrons. The molecule has 4 heterocycles. The zero-order valence-electron chi connectivity index (χ0n) is 22.3. The molecule has 0 N–H and O–H groups in total. The van der Waals surface area contributed by atoms with Crippen LogP contribution in [-0.4, -0.2) is 83.8 Å². The van der Waals surface area contributed by atoms with E-state index in [1.165, 1.54) is 0 Å². The molecule has 0 spiro atoms. The predicted octanol–water partition coefficient (Wildman–Crippen LogP) is 3.29. The number of likely N-dealkylation sites (N-methyl/N-ethyl adjacent to an activating group) is 1. The third kappa shape index (κ3) is 5.70. The number of anilines is 3. The van der Waals surface area contributed by atoms with Crippen LogP contribution in [0, 0.1) is 0 Å². The zero-order chi connectivity index (χ0) is 26.5. The van der Waals surface area contributed by atoms with Gasteiger partial charge in [0, 0.05) is 82.9 Å². The van der Waals surface area contributed by atoms with Gasteiger partial charge in [-0.3, -0.25) is 4.79 Å². The molecule has 1 amide bonds. The number of carbonyl (C=O) groups excluding carboxylic acids is 1. The molecule has 1 saturated heterocycles. The highest BCUT2D eigenvalue weighted by molar-refractivity contribution is 5.95. The summed E-state index contributed by atoms with van der Waals surface area (Å²) in [5, 5.41) is 0. The lowest BCUT2D eigenvalue weighted by Gasteiger charge is -2.32. The van der Waals surface area contributed by atoms with Gasteiger partial charge in [0.25, 0.3) is 5.91 Å². The number of rotatable bonds is 9. The molecule has 5 rings (SSSR count). The fourth-order valence-electron chi connectivity index (χ4n) is 4.90. The normalized spacial score (nSPS) is 15.4. The van der Waals surface area contributed by atoms with Crippen molar-refractivity contribution in [3.8, 4) is 5.88 Å². The Kier molecular flexibility index (Phi) is 7.97. The number of carbonyl (C=O) groups is 1. The molecule has 2 aromatic heterocycles.